The third-order valence-electron chi connectivity index (χ3n) is 5.71. The van der Waals surface area contributed by atoms with Crippen LogP contribution in [0.2, 0.25) is 10.0 Å². The Morgan fingerprint density at radius 3 is 2.03 bits per heavy atom. The number of thiophene rings is 1. The highest BCUT2D eigenvalue weighted by Gasteiger charge is 2.33. The van der Waals surface area contributed by atoms with Gasteiger partial charge in [0.2, 0.25) is 0 Å². The van der Waals surface area contributed by atoms with Crippen LogP contribution in [0.3, 0.4) is 0 Å². The molecule has 0 saturated carbocycles. The molecule has 2 aromatic carbocycles. The molecule has 1 N–H and O–H groups in total. The van der Waals surface area contributed by atoms with Crippen LogP contribution in [0.4, 0.5) is 0 Å². The first-order valence-electron chi connectivity index (χ1n) is 10.7. The summed E-state index contributed by atoms with van der Waals surface area (Å²) in [5, 5.41) is 3.90. The predicted molar refractivity (Wildman–Crippen MR) is 134 cm³/mol. The molecule has 1 amide bonds. The predicted octanol–water partition coefficient (Wildman–Crippen LogP) is 5.27. The molecule has 0 aliphatic carbocycles. The van der Waals surface area contributed by atoms with Crippen LogP contribution < -0.4 is 5.32 Å². The summed E-state index contributed by atoms with van der Waals surface area (Å²) in [6.45, 7) is 0.791. The highest BCUT2D eigenvalue weighted by atomic mass is 35.5. The number of sulfonamides is 1. The Labute approximate surface area is 212 Å². The Morgan fingerprint density at radius 1 is 0.882 bits per heavy atom. The van der Waals surface area contributed by atoms with Crippen molar-refractivity contribution in [3.63, 3.8) is 0 Å². The molecular weight excluding hydrogens is 515 g/mol. The molecule has 1 aromatic heterocycles. The summed E-state index contributed by atoms with van der Waals surface area (Å²) in [6.07, 6.45) is 0.937. The largest absolute Gasteiger partial charge is 0.347 e. The second kappa shape index (κ2) is 10.6. The van der Waals surface area contributed by atoms with Gasteiger partial charge in [0.15, 0.2) is 5.78 Å². The maximum Gasteiger partial charge on any atom is 0.252 e. The SMILES string of the molecule is O=C(NCc1ccc(S(=O)(=O)N2CCC(C(=O)c3ccc(Cl)cc3)CC2)s1)c1ccc(Cl)cc1. The van der Waals surface area contributed by atoms with E-state index in [2.05, 4.69) is 5.32 Å². The second-order valence-corrected chi connectivity index (χ2v) is 12.2. The van der Waals surface area contributed by atoms with Crippen molar-refractivity contribution in [1.29, 1.82) is 0 Å². The molecule has 3 aromatic rings. The van der Waals surface area contributed by atoms with Crippen molar-refractivity contribution >= 4 is 56.3 Å². The number of rotatable bonds is 7. The third kappa shape index (κ3) is 5.70. The van der Waals surface area contributed by atoms with Gasteiger partial charge in [-0.3, -0.25) is 9.59 Å². The number of nitrogens with zero attached hydrogens (tertiary/aromatic N) is 1. The van der Waals surface area contributed by atoms with E-state index in [1.165, 1.54) is 4.31 Å². The number of amides is 1. The number of benzene rings is 2. The summed E-state index contributed by atoms with van der Waals surface area (Å²) in [5.74, 6) is -0.458. The van der Waals surface area contributed by atoms with Gasteiger partial charge in [-0.05, 0) is 73.5 Å². The first-order valence-corrected chi connectivity index (χ1v) is 13.7. The third-order valence-corrected chi connectivity index (χ3v) is 9.67. The van der Waals surface area contributed by atoms with Gasteiger partial charge in [-0.15, -0.1) is 11.3 Å². The molecule has 178 valence electrons. The summed E-state index contributed by atoms with van der Waals surface area (Å²) >= 11 is 12.9. The molecule has 2 heterocycles. The fraction of sp³-hybridized carbons (Fsp3) is 0.250. The number of hydrogen-bond acceptors (Lipinski definition) is 5. The van der Waals surface area contributed by atoms with Gasteiger partial charge in [-0.1, -0.05) is 23.2 Å². The number of halogens is 2. The van der Waals surface area contributed by atoms with Crippen molar-refractivity contribution in [1.82, 2.24) is 9.62 Å². The number of ketones is 1. The lowest BCUT2D eigenvalue weighted by Gasteiger charge is -2.30. The molecule has 0 radical (unpaired) electrons. The minimum atomic E-state index is -3.66. The number of nitrogens with one attached hydrogen (secondary N) is 1. The van der Waals surface area contributed by atoms with E-state index in [-0.39, 0.29) is 41.5 Å². The Hall–Kier alpha value is -2.23. The summed E-state index contributed by atoms with van der Waals surface area (Å²) in [7, 11) is -3.66. The van der Waals surface area contributed by atoms with Crippen LogP contribution in [-0.2, 0) is 16.6 Å². The maximum absolute atomic E-state index is 13.1. The van der Waals surface area contributed by atoms with Crippen molar-refractivity contribution < 1.29 is 18.0 Å². The van der Waals surface area contributed by atoms with Gasteiger partial charge in [0, 0.05) is 45.1 Å². The van der Waals surface area contributed by atoms with Gasteiger partial charge in [0.1, 0.15) is 4.21 Å². The molecule has 1 aliphatic heterocycles. The molecule has 0 bridgehead atoms. The summed E-state index contributed by atoms with van der Waals surface area (Å²) in [5.41, 5.74) is 1.07. The molecule has 0 unspecified atom stereocenters. The van der Waals surface area contributed by atoms with Gasteiger partial charge in [0.05, 0.1) is 6.54 Å². The molecule has 4 rings (SSSR count). The zero-order valence-electron chi connectivity index (χ0n) is 18.0. The van der Waals surface area contributed by atoms with Gasteiger partial charge in [-0.25, -0.2) is 8.42 Å². The fourth-order valence-electron chi connectivity index (χ4n) is 3.80. The molecule has 1 saturated heterocycles. The highest BCUT2D eigenvalue weighted by Crippen LogP contribution is 2.30. The topological polar surface area (TPSA) is 83.6 Å². The lowest BCUT2D eigenvalue weighted by atomic mass is 9.90. The standard InChI is InChI=1S/C24H22Cl2N2O4S2/c25-19-5-1-16(2-6-19)23(29)17-11-13-28(14-12-17)34(31,32)22-10-9-21(33-22)15-27-24(30)18-3-7-20(26)8-4-18/h1-10,17H,11-15H2,(H,27,30). The molecule has 0 spiro atoms. The van der Waals surface area contributed by atoms with E-state index >= 15 is 0 Å². The van der Waals surface area contributed by atoms with Crippen LogP contribution in [-0.4, -0.2) is 37.5 Å². The lowest BCUT2D eigenvalue weighted by molar-refractivity contribution is 0.0874. The number of piperidine rings is 1. The van der Waals surface area contributed by atoms with E-state index in [4.69, 9.17) is 23.2 Å². The van der Waals surface area contributed by atoms with Crippen LogP contribution in [0.15, 0.2) is 64.9 Å². The number of hydrogen-bond donors (Lipinski definition) is 1. The molecule has 6 nitrogen and oxygen atoms in total. The van der Waals surface area contributed by atoms with Crippen molar-refractivity contribution in [2.75, 3.05) is 13.1 Å². The minimum absolute atomic E-state index is 0.0172. The van der Waals surface area contributed by atoms with Crippen LogP contribution >= 0.6 is 34.5 Å². The Bertz CT molecular complexity index is 1280. The average Bonchev–Trinajstić information content (AvgIpc) is 3.33. The molecule has 34 heavy (non-hydrogen) atoms. The van der Waals surface area contributed by atoms with Gasteiger partial charge >= 0.3 is 0 Å². The Morgan fingerprint density at radius 2 is 1.44 bits per heavy atom. The van der Waals surface area contributed by atoms with Crippen LogP contribution in [0, 0.1) is 5.92 Å². The molecule has 10 heteroatoms. The van der Waals surface area contributed by atoms with E-state index < -0.39 is 10.0 Å². The van der Waals surface area contributed by atoms with Crippen LogP contribution in [0.25, 0.3) is 0 Å². The molecule has 0 atom stereocenters. The number of carbonyl (C=O) groups excluding carboxylic acids is 2. The second-order valence-electron chi connectivity index (χ2n) is 7.96. The average molecular weight is 537 g/mol. The fourth-order valence-corrected chi connectivity index (χ4v) is 6.97. The zero-order chi connectivity index (χ0) is 24.3. The monoisotopic (exact) mass is 536 g/mol. The van der Waals surface area contributed by atoms with E-state index in [1.54, 1.807) is 60.7 Å². The van der Waals surface area contributed by atoms with Crippen LogP contribution in [0.5, 0.6) is 0 Å². The summed E-state index contributed by atoms with van der Waals surface area (Å²) in [4.78, 5) is 25.7. The van der Waals surface area contributed by atoms with Crippen molar-refractivity contribution in [2.45, 2.75) is 23.6 Å². The van der Waals surface area contributed by atoms with E-state index in [1.807, 2.05) is 0 Å². The van der Waals surface area contributed by atoms with Crippen molar-refractivity contribution in [2.24, 2.45) is 5.92 Å². The lowest BCUT2D eigenvalue weighted by Crippen LogP contribution is -2.40. The Balaban J connectivity index is 1.34. The quantitative estimate of drug-likeness (QED) is 0.417. The van der Waals surface area contributed by atoms with Crippen LogP contribution in [0.1, 0.15) is 38.4 Å². The molecule has 1 fully saturated rings. The van der Waals surface area contributed by atoms with E-state index in [0.29, 0.717) is 34.0 Å². The van der Waals surface area contributed by atoms with Gasteiger partial charge < -0.3 is 5.32 Å². The smallest absolute Gasteiger partial charge is 0.252 e. The minimum Gasteiger partial charge on any atom is -0.347 e. The normalized spacial score (nSPS) is 15.2. The zero-order valence-corrected chi connectivity index (χ0v) is 21.2. The van der Waals surface area contributed by atoms with Gasteiger partial charge in [-0.2, -0.15) is 4.31 Å². The first kappa shape index (κ1) is 24.9. The molecular formula is C24H22Cl2N2O4S2. The Kier molecular flexibility index (Phi) is 7.74. The van der Waals surface area contributed by atoms with E-state index in [9.17, 15) is 18.0 Å². The van der Waals surface area contributed by atoms with Crippen molar-refractivity contribution in [3.8, 4) is 0 Å². The number of Topliss-reactive ketones (excluding diaryl/α,β-unsaturated/α-hetero) is 1. The molecule has 1 aliphatic rings. The summed E-state index contributed by atoms with van der Waals surface area (Å²) in [6, 6.07) is 16.6. The maximum atomic E-state index is 13.1. The number of carbonyl (C=O) groups is 2. The van der Waals surface area contributed by atoms with E-state index in [0.717, 1.165) is 16.2 Å². The highest BCUT2D eigenvalue weighted by molar-refractivity contribution is 7.91. The van der Waals surface area contributed by atoms with Crippen molar-refractivity contribution in [3.05, 3.63) is 86.7 Å². The first-order chi connectivity index (χ1) is 16.2. The van der Waals surface area contributed by atoms with Gasteiger partial charge in [0.25, 0.3) is 15.9 Å². The summed E-state index contributed by atoms with van der Waals surface area (Å²) < 4.78 is 27.9.